The van der Waals surface area contributed by atoms with Crippen molar-refractivity contribution < 1.29 is 8.78 Å². The second kappa shape index (κ2) is 7.40. The van der Waals surface area contributed by atoms with Crippen LogP contribution in [0.4, 0.5) is 14.5 Å². The largest absolute Gasteiger partial charge is 0.368 e. The lowest BCUT2D eigenvalue weighted by Gasteiger charge is -2.26. The Labute approximate surface area is 114 Å². The third-order valence-electron chi connectivity index (χ3n) is 3.01. The third kappa shape index (κ3) is 4.14. The highest BCUT2D eigenvalue weighted by molar-refractivity contribution is 5.50. The zero-order valence-electron chi connectivity index (χ0n) is 11.9. The Morgan fingerprint density at radius 3 is 2.26 bits per heavy atom. The predicted molar refractivity (Wildman–Crippen MR) is 75.3 cm³/mol. The molecule has 0 unspecified atom stereocenters. The number of hydrogen-bond acceptors (Lipinski definition) is 3. The molecule has 19 heavy (non-hydrogen) atoms. The Morgan fingerprint density at radius 1 is 1.05 bits per heavy atom. The molecule has 0 fully saturated rings. The molecule has 0 aliphatic heterocycles. The highest BCUT2D eigenvalue weighted by Gasteiger charge is 2.17. The van der Waals surface area contributed by atoms with Crippen molar-refractivity contribution in [3.63, 3.8) is 0 Å². The standard InChI is InChI=1S/C14H23F2N3/c1-4-7-19(9-8-18(2)3)12-6-5-11(10-17)13(15)14(12)16/h5-6H,4,7-10,17H2,1-3H3. The van der Waals surface area contributed by atoms with Crippen molar-refractivity contribution in [2.24, 2.45) is 5.73 Å². The summed E-state index contributed by atoms with van der Waals surface area (Å²) < 4.78 is 27.8. The number of likely N-dealkylation sites (N-methyl/N-ethyl adjacent to an activating group) is 1. The number of rotatable bonds is 7. The molecule has 0 aliphatic carbocycles. The van der Waals surface area contributed by atoms with Crippen LogP contribution in [0.2, 0.25) is 0 Å². The number of anilines is 1. The summed E-state index contributed by atoms with van der Waals surface area (Å²) in [5, 5.41) is 0. The topological polar surface area (TPSA) is 32.5 Å². The smallest absolute Gasteiger partial charge is 0.182 e. The molecule has 0 aliphatic rings. The second-order valence-electron chi connectivity index (χ2n) is 4.87. The van der Waals surface area contributed by atoms with Crippen LogP contribution in [0.15, 0.2) is 12.1 Å². The zero-order chi connectivity index (χ0) is 14.4. The van der Waals surface area contributed by atoms with Crippen molar-refractivity contribution in [2.75, 3.05) is 38.6 Å². The number of benzene rings is 1. The Balaban J connectivity index is 2.98. The first-order valence-corrected chi connectivity index (χ1v) is 6.57. The predicted octanol–water partition coefficient (Wildman–Crippen LogP) is 2.20. The molecule has 5 heteroatoms. The van der Waals surface area contributed by atoms with Crippen molar-refractivity contribution in [1.82, 2.24) is 4.90 Å². The van der Waals surface area contributed by atoms with E-state index in [9.17, 15) is 8.78 Å². The fourth-order valence-corrected chi connectivity index (χ4v) is 1.92. The average molecular weight is 271 g/mol. The summed E-state index contributed by atoms with van der Waals surface area (Å²) in [4.78, 5) is 3.89. The molecule has 1 aromatic carbocycles. The van der Waals surface area contributed by atoms with E-state index >= 15 is 0 Å². The molecule has 1 aromatic rings. The lowest BCUT2D eigenvalue weighted by atomic mass is 10.1. The van der Waals surface area contributed by atoms with Gasteiger partial charge in [-0.3, -0.25) is 0 Å². The monoisotopic (exact) mass is 271 g/mol. The van der Waals surface area contributed by atoms with Crippen LogP contribution in [-0.2, 0) is 6.54 Å². The van der Waals surface area contributed by atoms with Gasteiger partial charge in [-0.2, -0.15) is 0 Å². The van der Waals surface area contributed by atoms with E-state index in [0.29, 0.717) is 18.8 Å². The Hall–Kier alpha value is -1.20. The molecule has 0 bridgehead atoms. The van der Waals surface area contributed by atoms with E-state index in [1.54, 1.807) is 12.1 Å². The molecular weight excluding hydrogens is 248 g/mol. The van der Waals surface area contributed by atoms with Gasteiger partial charge >= 0.3 is 0 Å². The lowest BCUT2D eigenvalue weighted by Crippen LogP contribution is -2.33. The summed E-state index contributed by atoms with van der Waals surface area (Å²) in [6.45, 7) is 4.19. The van der Waals surface area contributed by atoms with Crippen molar-refractivity contribution in [1.29, 1.82) is 0 Å². The Bertz CT molecular complexity index is 408. The normalized spacial score (nSPS) is 11.1. The summed E-state index contributed by atoms with van der Waals surface area (Å²) in [6, 6.07) is 3.18. The van der Waals surface area contributed by atoms with Crippen LogP contribution < -0.4 is 10.6 Å². The van der Waals surface area contributed by atoms with E-state index in [1.807, 2.05) is 30.8 Å². The number of nitrogens with zero attached hydrogens (tertiary/aromatic N) is 2. The average Bonchev–Trinajstić information content (AvgIpc) is 2.38. The van der Waals surface area contributed by atoms with Gasteiger partial charge in [0.15, 0.2) is 11.6 Å². The summed E-state index contributed by atoms with van der Waals surface area (Å²) >= 11 is 0. The van der Waals surface area contributed by atoms with Crippen LogP contribution in [0.5, 0.6) is 0 Å². The van der Waals surface area contributed by atoms with E-state index in [1.165, 1.54) is 0 Å². The SMILES string of the molecule is CCCN(CCN(C)C)c1ccc(CN)c(F)c1F. The van der Waals surface area contributed by atoms with E-state index < -0.39 is 11.6 Å². The van der Waals surface area contributed by atoms with Gasteiger partial charge < -0.3 is 15.5 Å². The minimum Gasteiger partial charge on any atom is -0.368 e. The van der Waals surface area contributed by atoms with Crippen LogP contribution >= 0.6 is 0 Å². The Morgan fingerprint density at radius 2 is 1.74 bits per heavy atom. The van der Waals surface area contributed by atoms with Crippen molar-refractivity contribution in [2.45, 2.75) is 19.9 Å². The van der Waals surface area contributed by atoms with Crippen LogP contribution in [-0.4, -0.2) is 38.6 Å². The molecule has 0 saturated heterocycles. The highest BCUT2D eigenvalue weighted by atomic mass is 19.2. The van der Waals surface area contributed by atoms with E-state index in [4.69, 9.17) is 5.73 Å². The van der Waals surface area contributed by atoms with E-state index in [0.717, 1.165) is 13.0 Å². The minimum absolute atomic E-state index is 0.00844. The Kier molecular flexibility index (Phi) is 6.18. The summed E-state index contributed by atoms with van der Waals surface area (Å²) in [5.74, 6) is -1.62. The number of halogens is 2. The third-order valence-corrected chi connectivity index (χ3v) is 3.01. The first kappa shape index (κ1) is 15.9. The molecule has 0 amide bonds. The summed E-state index contributed by atoms with van der Waals surface area (Å²) in [7, 11) is 3.91. The second-order valence-corrected chi connectivity index (χ2v) is 4.87. The van der Waals surface area contributed by atoms with Gasteiger partial charge in [-0.1, -0.05) is 13.0 Å². The number of hydrogen-bond donors (Lipinski definition) is 1. The molecule has 0 saturated carbocycles. The van der Waals surface area contributed by atoms with Crippen molar-refractivity contribution >= 4 is 5.69 Å². The van der Waals surface area contributed by atoms with Crippen LogP contribution in [0.25, 0.3) is 0 Å². The molecule has 0 aromatic heterocycles. The summed E-state index contributed by atoms with van der Waals surface area (Å²) in [6.07, 6.45) is 0.882. The number of nitrogens with two attached hydrogens (primary N) is 1. The maximum Gasteiger partial charge on any atom is 0.182 e. The van der Waals surface area contributed by atoms with Crippen LogP contribution in [0, 0.1) is 11.6 Å². The highest BCUT2D eigenvalue weighted by Crippen LogP contribution is 2.24. The van der Waals surface area contributed by atoms with Crippen LogP contribution in [0.1, 0.15) is 18.9 Å². The van der Waals surface area contributed by atoms with Gasteiger partial charge in [0.2, 0.25) is 0 Å². The van der Waals surface area contributed by atoms with Crippen molar-refractivity contribution in [3.05, 3.63) is 29.3 Å². The fourth-order valence-electron chi connectivity index (χ4n) is 1.92. The van der Waals surface area contributed by atoms with Gasteiger partial charge in [0.25, 0.3) is 0 Å². The molecule has 108 valence electrons. The van der Waals surface area contributed by atoms with E-state index in [2.05, 4.69) is 0 Å². The van der Waals surface area contributed by atoms with Gasteiger partial charge in [-0.15, -0.1) is 0 Å². The molecule has 1 rings (SSSR count). The van der Waals surface area contributed by atoms with Crippen LogP contribution in [0.3, 0.4) is 0 Å². The zero-order valence-corrected chi connectivity index (χ0v) is 11.9. The molecule has 3 nitrogen and oxygen atoms in total. The van der Waals surface area contributed by atoms with E-state index in [-0.39, 0.29) is 12.1 Å². The first-order valence-electron chi connectivity index (χ1n) is 6.57. The van der Waals surface area contributed by atoms with Gasteiger partial charge in [0.1, 0.15) is 0 Å². The molecule has 0 radical (unpaired) electrons. The summed E-state index contributed by atoms with van der Waals surface area (Å²) in [5.41, 5.74) is 5.91. The van der Waals surface area contributed by atoms with Gasteiger partial charge in [0, 0.05) is 31.7 Å². The lowest BCUT2D eigenvalue weighted by molar-refractivity contribution is 0.411. The van der Waals surface area contributed by atoms with Gasteiger partial charge in [-0.05, 0) is 26.6 Å². The quantitative estimate of drug-likeness (QED) is 0.825. The fraction of sp³-hybridized carbons (Fsp3) is 0.571. The maximum absolute atomic E-state index is 14.1. The van der Waals surface area contributed by atoms with Gasteiger partial charge in [-0.25, -0.2) is 8.78 Å². The molecule has 0 atom stereocenters. The molecule has 0 spiro atoms. The minimum atomic E-state index is -0.828. The first-order chi connectivity index (χ1) is 9.01. The molecular formula is C14H23F2N3. The molecule has 0 heterocycles. The molecule has 2 N–H and O–H groups in total. The van der Waals surface area contributed by atoms with Gasteiger partial charge in [0.05, 0.1) is 5.69 Å². The van der Waals surface area contributed by atoms with Crippen molar-refractivity contribution in [3.8, 4) is 0 Å². The maximum atomic E-state index is 14.1.